The number of rotatable bonds is 3. The van der Waals surface area contributed by atoms with Crippen molar-refractivity contribution >= 4 is 19.2 Å². The molecule has 1 aromatic carbocycles. The van der Waals surface area contributed by atoms with Gasteiger partial charge in [0.2, 0.25) is 0 Å². The van der Waals surface area contributed by atoms with Crippen LogP contribution < -0.4 is 68.9 Å². The molecule has 8 heteroatoms. The molecule has 0 N–H and O–H groups in total. The molecule has 2 rings (SSSR count). The quantitative estimate of drug-likeness (QED) is 0.423. The van der Waals surface area contributed by atoms with E-state index in [1.165, 1.54) is 12.3 Å². The predicted molar refractivity (Wildman–Crippen MR) is 66.0 cm³/mol. The number of benzene rings is 1. The van der Waals surface area contributed by atoms with Gasteiger partial charge in [0.1, 0.15) is 0 Å². The zero-order chi connectivity index (χ0) is 13.2. The zero-order valence-electron chi connectivity index (χ0n) is 11.2. The van der Waals surface area contributed by atoms with Gasteiger partial charge in [-0.1, -0.05) is 37.4 Å². The molecule has 0 saturated carbocycles. The first-order chi connectivity index (χ1) is 8.44. The van der Waals surface area contributed by atoms with E-state index in [0.29, 0.717) is 5.02 Å². The zero-order valence-corrected chi connectivity index (χ0v) is 16.9. The summed E-state index contributed by atoms with van der Waals surface area (Å²) in [6, 6.07) is 10.5. The third-order valence-corrected chi connectivity index (χ3v) is 3.32. The van der Waals surface area contributed by atoms with Crippen LogP contribution in [0.15, 0.2) is 42.6 Å². The van der Waals surface area contributed by atoms with Crippen molar-refractivity contribution in [3.05, 3.63) is 53.3 Å². The molecule has 0 bridgehead atoms. The molecule has 0 aliphatic carbocycles. The van der Waals surface area contributed by atoms with Gasteiger partial charge in [-0.2, -0.15) is 0 Å². The first-order valence-electron chi connectivity index (χ1n) is 5.16. The molecule has 20 heavy (non-hydrogen) atoms. The van der Waals surface area contributed by atoms with Gasteiger partial charge < -0.3 is 14.4 Å². The van der Waals surface area contributed by atoms with E-state index in [2.05, 4.69) is 4.98 Å². The molecule has 0 saturated heterocycles. The van der Waals surface area contributed by atoms with Crippen molar-refractivity contribution in [3.63, 3.8) is 0 Å². The third-order valence-electron chi connectivity index (χ3n) is 2.36. The minimum absolute atomic E-state index is 0. The van der Waals surface area contributed by atoms with Crippen LogP contribution in [0.1, 0.15) is 5.69 Å². The minimum atomic E-state index is -4.56. The molecule has 4 nitrogen and oxygen atoms in total. The van der Waals surface area contributed by atoms with Crippen LogP contribution in [0.4, 0.5) is 0 Å². The number of hydrogen-bond acceptors (Lipinski definition) is 4. The Morgan fingerprint density at radius 1 is 1.00 bits per heavy atom. The van der Waals surface area contributed by atoms with E-state index in [1.54, 1.807) is 18.2 Å². The summed E-state index contributed by atoms with van der Waals surface area (Å²) < 4.78 is 10.6. The van der Waals surface area contributed by atoms with Gasteiger partial charge in [0.15, 0.2) is 0 Å². The first-order valence-corrected chi connectivity index (χ1v) is 7.26. The molecule has 0 radical (unpaired) electrons. The smallest absolute Gasteiger partial charge is 0.810 e. The molecule has 1 heterocycles. The van der Waals surface area contributed by atoms with Crippen molar-refractivity contribution in [1.82, 2.24) is 4.98 Å². The average Bonchev–Trinajstić information content (AvgIpc) is 2.29. The maximum atomic E-state index is 10.6. The molecule has 1 aromatic heterocycles. The van der Waals surface area contributed by atoms with Gasteiger partial charge in [0.25, 0.3) is 0 Å². The van der Waals surface area contributed by atoms with Crippen LogP contribution in [-0.4, -0.2) is 4.98 Å². The molecule has 94 valence electrons. The van der Waals surface area contributed by atoms with Crippen LogP contribution >= 0.6 is 19.2 Å². The van der Waals surface area contributed by atoms with Gasteiger partial charge in [-0.15, -0.1) is 0 Å². The van der Waals surface area contributed by atoms with Gasteiger partial charge >= 0.3 is 59.1 Å². The van der Waals surface area contributed by atoms with Crippen LogP contribution in [0.25, 0.3) is 11.1 Å². The standard InChI is InChI=1S/C12H11ClNO3P.2Na/c13-11-4-1-9(2-5-11)10-3-6-12(14-7-10)8-18(15,16)17;;/h1-7H,8H2,(H2,15,16,17);;/q;2*+1/p-2. The Kier molecular flexibility index (Phi) is 9.43. The van der Waals surface area contributed by atoms with Crippen molar-refractivity contribution in [2.45, 2.75) is 6.16 Å². The topological polar surface area (TPSA) is 76.1 Å². The number of pyridine rings is 1. The molecule has 2 aromatic rings. The average molecular weight is 328 g/mol. The van der Waals surface area contributed by atoms with Crippen LogP contribution in [-0.2, 0) is 10.7 Å². The van der Waals surface area contributed by atoms with Crippen LogP contribution in [0.2, 0.25) is 5.02 Å². The normalized spacial score (nSPS) is 10.3. The molecule has 0 aliphatic heterocycles. The van der Waals surface area contributed by atoms with Crippen LogP contribution in [0, 0.1) is 0 Å². The second-order valence-corrected chi connectivity index (χ2v) is 5.79. The van der Waals surface area contributed by atoms with E-state index < -0.39 is 13.8 Å². The maximum absolute atomic E-state index is 10.6. The Morgan fingerprint density at radius 3 is 2.00 bits per heavy atom. The molecule has 0 fully saturated rings. The predicted octanol–water partition coefficient (Wildman–Crippen LogP) is -4.18. The summed E-state index contributed by atoms with van der Waals surface area (Å²) in [6.07, 6.45) is 0.974. The Hall–Kier alpha value is 0.810. The summed E-state index contributed by atoms with van der Waals surface area (Å²) >= 11 is 5.78. The van der Waals surface area contributed by atoms with Gasteiger partial charge in [-0.25, -0.2) is 0 Å². The van der Waals surface area contributed by atoms with Crippen LogP contribution in [0.3, 0.4) is 0 Å². The van der Waals surface area contributed by atoms with Crippen LogP contribution in [0.5, 0.6) is 0 Å². The van der Waals surface area contributed by atoms with Gasteiger partial charge in [-0.05, 0) is 23.8 Å². The summed E-state index contributed by atoms with van der Waals surface area (Å²) in [4.78, 5) is 25.2. The monoisotopic (exact) mass is 327 g/mol. The fraction of sp³-hybridized carbons (Fsp3) is 0.0833. The summed E-state index contributed by atoms with van der Waals surface area (Å²) in [5.41, 5.74) is 2.01. The van der Waals surface area contributed by atoms with Gasteiger partial charge in [0.05, 0.1) is 0 Å². The second kappa shape index (κ2) is 9.06. The molecule has 0 aliphatic rings. The van der Waals surface area contributed by atoms with Gasteiger partial charge in [-0.3, -0.25) is 4.98 Å². The summed E-state index contributed by atoms with van der Waals surface area (Å²) in [7, 11) is -4.56. The Labute approximate surface area is 166 Å². The number of nitrogens with zero attached hydrogens (tertiary/aromatic N) is 1. The largest absolute Gasteiger partial charge is 1.00 e. The molecule has 0 unspecified atom stereocenters. The van der Waals surface area contributed by atoms with Crippen molar-refractivity contribution < 1.29 is 73.5 Å². The van der Waals surface area contributed by atoms with E-state index in [-0.39, 0.29) is 64.8 Å². The maximum Gasteiger partial charge on any atom is 1.00 e. The second-order valence-electron chi connectivity index (χ2n) is 3.81. The molecule has 0 atom stereocenters. The number of halogens is 1. The van der Waals surface area contributed by atoms with Gasteiger partial charge in [0, 0.05) is 28.6 Å². The molecule has 0 spiro atoms. The summed E-state index contributed by atoms with van der Waals surface area (Å²) in [5.74, 6) is 0. The van der Waals surface area contributed by atoms with Crippen molar-refractivity contribution in [2.75, 3.05) is 0 Å². The van der Waals surface area contributed by atoms with E-state index >= 15 is 0 Å². The molecular formula is C12H9ClNNa2O3P. The Bertz CT molecular complexity index is 587. The van der Waals surface area contributed by atoms with Crippen molar-refractivity contribution in [3.8, 4) is 11.1 Å². The van der Waals surface area contributed by atoms with Crippen molar-refractivity contribution in [1.29, 1.82) is 0 Å². The fourth-order valence-corrected chi connectivity index (χ4v) is 2.24. The van der Waals surface area contributed by atoms with E-state index in [0.717, 1.165) is 11.1 Å². The number of hydrogen-bond donors (Lipinski definition) is 0. The summed E-state index contributed by atoms with van der Waals surface area (Å²) in [5, 5.41) is 0.641. The fourth-order valence-electron chi connectivity index (χ4n) is 1.53. The Balaban J connectivity index is 0.00000180. The number of aromatic nitrogens is 1. The first kappa shape index (κ1) is 20.8. The van der Waals surface area contributed by atoms with E-state index in [1.807, 2.05) is 12.1 Å². The summed E-state index contributed by atoms with van der Waals surface area (Å²) in [6.45, 7) is 0. The van der Waals surface area contributed by atoms with E-state index in [4.69, 9.17) is 11.6 Å². The third kappa shape index (κ3) is 6.71. The van der Waals surface area contributed by atoms with E-state index in [9.17, 15) is 14.4 Å². The van der Waals surface area contributed by atoms with Crippen molar-refractivity contribution in [2.24, 2.45) is 0 Å². The Morgan fingerprint density at radius 2 is 1.55 bits per heavy atom. The molecule has 0 amide bonds. The SMILES string of the molecule is O=P([O-])([O-])Cc1ccc(-c2ccc(Cl)cc2)cn1.[Na+].[Na+]. The molecular weight excluding hydrogens is 319 g/mol. The minimum Gasteiger partial charge on any atom is -0.810 e.